The van der Waals surface area contributed by atoms with Crippen LogP contribution in [0.25, 0.3) is 0 Å². The molecule has 0 amide bonds. The number of carboxylic acids is 1. The molecule has 2 saturated heterocycles. The van der Waals surface area contributed by atoms with E-state index in [0.717, 1.165) is 11.1 Å². The van der Waals surface area contributed by atoms with E-state index >= 15 is 0 Å². The lowest BCUT2D eigenvalue weighted by molar-refractivity contribution is -0.326. The van der Waals surface area contributed by atoms with E-state index in [4.69, 9.17) is 24.1 Å². The Labute approximate surface area is 266 Å². The number of carbonyl (C=O) groups excluding carboxylic acids is 1. The van der Waals surface area contributed by atoms with E-state index in [9.17, 15) is 45.3 Å². The number of rotatable bonds is 13. The van der Waals surface area contributed by atoms with Gasteiger partial charge >= 0.3 is 11.9 Å². The zero-order valence-electron chi connectivity index (χ0n) is 26.0. The van der Waals surface area contributed by atoms with Crippen molar-refractivity contribution in [1.29, 1.82) is 0 Å². The molecule has 10 atom stereocenters. The molecule has 0 bridgehead atoms. The smallest absolute Gasteiger partial charge is 0.336 e. The van der Waals surface area contributed by atoms with Gasteiger partial charge in [-0.15, -0.1) is 0 Å². The molecular weight excluding hydrogens is 608 g/mol. The molecule has 2 aliphatic rings. The van der Waals surface area contributed by atoms with Gasteiger partial charge in [0.15, 0.2) is 6.29 Å². The zero-order chi connectivity index (χ0) is 34.6. The van der Waals surface area contributed by atoms with Crippen molar-refractivity contribution in [2.24, 2.45) is 0 Å². The number of carbonyl (C=O) groups is 2. The summed E-state index contributed by atoms with van der Waals surface area (Å²) in [7, 11) is 0. The van der Waals surface area contributed by atoms with Gasteiger partial charge in [0.1, 0.15) is 48.8 Å². The number of aliphatic hydroxyl groups excluding tert-OH is 7. The third-order valence-corrected chi connectivity index (χ3v) is 7.06. The summed E-state index contributed by atoms with van der Waals surface area (Å²) in [6, 6.07) is 0. The first-order valence-corrected chi connectivity index (χ1v) is 14.5. The summed E-state index contributed by atoms with van der Waals surface area (Å²) in [4.78, 5) is 23.4. The number of aliphatic hydroxyl groups is 7. The van der Waals surface area contributed by atoms with Crippen molar-refractivity contribution in [2.45, 2.75) is 89.1 Å². The monoisotopic (exact) mass is 652 g/mol. The second kappa shape index (κ2) is 18.8. The summed E-state index contributed by atoms with van der Waals surface area (Å²) in [5, 5.41) is 79.1. The molecule has 0 unspecified atom stereocenters. The fourth-order valence-corrected chi connectivity index (χ4v) is 4.10. The van der Waals surface area contributed by atoms with Crippen LogP contribution in [0.1, 0.15) is 27.7 Å². The largest absolute Gasteiger partial charge is 0.478 e. The Kier molecular flexibility index (Phi) is 15.9. The number of esters is 1. The Morgan fingerprint density at radius 2 is 1.11 bits per heavy atom. The maximum Gasteiger partial charge on any atom is 0.336 e. The molecule has 0 aromatic carbocycles. The highest BCUT2D eigenvalue weighted by atomic mass is 16.7. The molecule has 0 radical (unpaired) electrons. The summed E-state index contributed by atoms with van der Waals surface area (Å²) < 4.78 is 21.3. The van der Waals surface area contributed by atoms with Crippen LogP contribution in [0, 0.1) is 0 Å². The molecule has 0 spiro atoms. The minimum absolute atomic E-state index is 0.127. The Balaban J connectivity index is 1.94. The highest BCUT2D eigenvalue weighted by Crippen LogP contribution is 2.26. The summed E-state index contributed by atoms with van der Waals surface area (Å²) in [6.07, 6.45) is 0.855. The van der Waals surface area contributed by atoms with Gasteiger partial charge in [0, 0.05) is 11.1 Å². The SMILES string of the molecule is CC(/C=C/C=C(\C)C(=O)O)=C\C=C\C=C(C)\C=C\C=C(/C)C(=O)O[C@H]1O[C@H](CO[C@@H]2O[C@H](CO)[C@@H](O)[C@H](O)[C@H]2O)[C@@H](O)[C@H](O)[C@H]1O. The van der Waals surface area contributed by atoms with E-state index in [2.05, 4.69) is 0 Å². The molecule has 2 aliphatic heterocycles. The van der Waals surface area contributed by atoms with E-state index in [1.165, 1.54) is 26.0 Å². The maximum absolute atomic E-state index is 12.6. The average Bonchev–Trinajstić information content (AvgIpc) is 3.02. The van der Waals surface area contributed by atoms with Crippen LogP contribution in [-0.4, -0.2) is 127 Å². The van der Waals surface area contributed by atoms with Crippen molar-refractivity contribution in [3.8, 4) is 0 Å². The third-order valence-electron chi connectivity index (χ3n) is 7.06. The van der Waals surface area contributed by atoms with Crippen LogP contribution in [0.5, 0.6) is 0 Å². The van der Waals surface area contributed by atoms with Crippen molar-refractivity contribution in [3.63, 3.8) is 0 Å². The molecule has 256 valence electrons. The minimum atomic E-state index is -1.80. The van der Waals surface area contributed by atoms with Crippen LogP contribution in [0.3, 0.4) is 0 Å². The third kappa shape index (κ3) is 11.5. The average molecular weight is 653 g/mol. The lowest BCUT2D eigenvalue weighted by Crippen LogP contribution is -2.61. The second-order valence-corrected chi connectivity index (χ2v) is 10.9. The van der Waals surface area contributed by atoms with Crippen molar-refractivity contribution < 1.29 is 69.4 Å². The second-order valence-electron chi connectivity index (χ2n) is 10.9. The Hall–Kier alpha value is -3.28. The molecular formula is C32H44O14. The van der Waals surface area contributed by atoms with Crippen LogP contribution in [0.15, 0.2) is 83.1 Å². The van der Waals surface area contributed by atoms with Gasteiger partial charge < -0.3 is 59.8 Å². The van der Waals surface area contributed by atoms with Gasteiger partial charge in [0.2, 0.25) is 6.29 Å². The lowest BCUT2D eigenvalue weighted by Gasteiger charge is -2.42. The van der Waals surface area contributed by atoms with Crippen molar-refractivity contribution in [3.05, 3.63) is 83.1 Å². The molecule has 0 aliphatic carbocycles. The van der Waals surface area contributed by atoms with Gasteiger partial charge in [-0.05, 0) is 27.7 Å². The lowest BCUT2D eigenvalue weighted by atomic mass is 9.98. The van der Waals surface area contributed by atoms with Gasteiger partial charge in [0.05, 0.1) is 13.2 Å². The molecule has 8 N–H and O–H groups in total. The summed E-state index contributed by atoms with van der Waals surface area (Å²) in [6.45, 7) is 5.43. The number of ether oxygens (including phenoxy) is 4. The number of allylic oxidation sites excluding steroid dienone is 12. The predicted molar refractivity (Wildman–Crippen MR) is 163 cm³/mol. The fourth-order valence-electron chi connectivity index (χ4n) is 4.10. The first kappa shape index (κ1) is 38.9. The quantitative estimate of drug-likeness (QED) is 0.0725. The van der Waals surface area contributed by atoms with Crippen LogP contribution >= 0.6 is 0 Å². The molecule has 2 heterocycles. The highest BCUT2D eigenvalue weighted by Gasteiger charge is 2.48. The van der Waals surface area contributed by atoms with Gasteiger partial charge in [-0.2, -0.15) is 0 Å². The first-order valence-electron chi connectivity index (χ1n) is 14.5. The van der Waals surface area contributed by atoms with Crippen LogP contribution in [0.2, 0.25) is 0 Å². The Morgan fingerprint density at radius 1 is 0.630 bits per heavy atom. The van der Waals surface area contributed by atoms with E-state index in [1.807, 2.05) is 32.1 Å². The summed E-state index contributed by atoms with van der Waals surface area (Å²) in [5.41, 5.74) is 2.11. The van der Waals surface area contributed by atoms with Crippen molar-refractivity contribution in [2.75, 3.05) is 13.2 Å². The number of carboxylic acid groups (broad SMARTS) is 1. The van der Waals surface area contributed by atoms with Crippen LogP contribution in [-0.2, 0) is 28.5 Å². The molecule has 14 nitrogen and oxygen atoms in total. The van der Waals surface area contributed by atoms with Gasteiger partial charge in [-0.1, -0.05) is 71.9 Å². The normalized spacial score (nSPS) is 33.7. The molecule has 0 aromatic heterocycles. The van der Waals surface area contributed by atoms with Gasteiger partial charge in [-0.3, -0.25) is 0 Å². The molecule has 2 fully saturated rings. The fraction of sp³-hybridized carbons (Fsp3) is 0.500. The van der Waals surface area contributed by atoms with E-state index < -0.39 is 86.6 Å². The van der Waals surface area contributed by atoms with E-state index in [0.29, 0.717) is 0 Å². The Bertz CT molecular complexity index is 1240. The minimum Gasteiger partial charge on any atom is -0.478 e. The standard InChI is InChI=1S/C32H44O14/c1-17(11-7-13-19(3)29(40)41)9-5-6-10-18(2)12-8-14-20(4)30(42)46-32-28(39)26(37)24(35)22(45-32)16-43-31-27(38)25(36)23(34)21(15-33)44-31/h5-14,21-28,31-39H,15-16H2,1-4H3,(H,40,41)/b6-5+,11-7+,12-8+,17-9+,18-10+,19-13+,20-14+/t21-,22-,23-,24-,25+,26+,27-,28-,31-,32-/m1/s1. The van der Waals surface area contributed by atoms with Gasteiger partial charge in [0.25, 0.3) is 0 Å². The van der Waals surface area contributed by atoms with Gasteiger partial charge in [-0.25, -0.2) is 9.59 Å². The van der Waals surface area contributed by atoms with Crippen molar-refractivity contribution in [1.82, 2.24) is 0 Å². The predicted octanol–water partition coefficient (Wildman–Crippen LogP) is -0.308. The number of hydrogen-bond donors (Lipinski definition) is 8. The maximum atomic E-state index is 12.6. The Morgan fingerprint density at radius 3 is 1.63 bits per heavy atom. The molecule has 14 heteroatoms. The van der Waals surface area contributed by atoms with E-state index in [-0.39, 0.29) is 11.1 Å². The first-order chi connectivity index (χ1) is 21.7. The topological polar surface area (TPSA) is 233 Å². The van der Waals surface area contributed by atoms with Crippen molar-refractivity contribution >= 4 is 11.9 Å². The van der Waals surface area contributed by atoms with E-state index in [1.54, 1.807) is 30.4 Å². The summed E-state index contributed by atoms with van der Waals surface area (Å²) >= 11 is 0. The molecule has 0 aromatic rings. The number of hydrogen-bond acceptors (Lipinski definition) is 13. The zero-order valence-corrected chi connectivity index (χ0v) is 26.0. The highest BCUT2D eigenvalue weighted by molar-refractivity contribution is 5.88. The van der Waals surface area contributed by atoms with Crippen LogP contribution < -0.4 is 0 Å². The molecule has 0 saturated carbocycles. The van der Waals surface area contributed by atoms with Crippen LogP contribution in [0.4, 0.5) is 0 Å². The number of aliphatic carboxylic acids is 1. The summed E-state index contributed by atoms with van der Waals surface area (Å²) in [5.74, 6) is -1.86. The molecule has 2 rings (SSSR count). The molecule has 46 heavy (non-hydrogen) atoms.